The number of carbonyl (C=O) groups is 1. The summed E-state index contributed by atoms with van der Waals surface area (Å²) in [5.41, 5.74) is 7.04. The predicted molar refractivity (Wildman–Crippen MR) is 80.3 cm³/mol. The Morgan fingerprint density at radius 2 is 2.30 bits per heavy atom. The lowest BCUT2D eigenvalue weighted by atomic mass is 10.0. The van der Waals surface area contributed by atoms with Crippen LogP contribution in [-0.2, 0) is 11.2 Å². The molecule has 1 aromatic carbocycles. The van der Waals surface area contributed by atoms with E-state index in [0.717, 1.165) is 18.4 Å². The third-order valence-electron chi connectivity index (χ3n) is 2.97. The SMILES string of the molecule is C#CCNC(=O)C(C)Oc1cccc(CC(N)CC)c1. The first-order chi connectivity index (χ1) is 9.56. The highest BCUT2D eigenvalue weighted by Gasteiger charge is 2.14. The van der Waals surface area contributed by atoms with Gasteiger partial charge in [-0.2, -0.15) is 0 Å². The van der Waals surface area contributed by atoms with E-state index in [4.69, 9.17) is 16.9 Å². The molecular formula is C16H22N2O2. The van der Waals surface area contributed by atoms with E-state index in [1.165, 1.54) is 0 Å². The summed E-state index contributed by atoms with van der Waals surface area (Å²) in [5.74, 6) is 2.79. The van der Waals surface area contributed by atoms with Gasteiger partial charge in [-0.15, -0.1) is 6.42 Å². The van der Waals surface area contributed by atoms with Crippen LogP contribution in [-0.4, -0.2) is 24.6 Å². The fraction of sp³-hybridized carbons (Fsp3) is 0.438. The molecule has 0 spiro atoms. The molecule has 0 saturated carbocycles. The van der Waals surface area contributed by atoms with Crippen molar-refractivity contribution in [3.8, 4) is 18.1 Å². The average Bonchev–Trinajstić information content (AvgIpc) is 2.44. The summed E-state index contributed by atoms with van der Waals surface area (Å²) in [6.45, 7) is 3.96. The van der Waals surface area contributed by atoms with E-state index in [1.807, 2.05) is 24.3 Å². The molecule has 0 aliphatic rings. The highest BCUT2D eigenvalue weighted by Crippen LogP contribution is 2.16. The zero-order valence-electron chi connectivity index (χ0n) is 12.1. The maximum absolute atomic E-state index is 11.7. The van der Waals surface area contributed by atoms with Crippen LogP contribution < -0.4 is 15.8 Å². The van der Waals surface area contributed by atoms with Crippen molar-refractivity contribution >= 4 is 5.91 Å². The third kappa shape index (κ3) is 5.33. The fourth-order valence-corrected chi connectivity index (χ4v) is 1.73. The molecule has 0 aromatic heterocycles. The Bertz CT molecular complexity index is 480. The average molecular weight is 274 g/mol. The molecule has 0 fully saturated rings. The molecule has 3 N–H and O–H groups in total. The minimum absolute atomic E-state index is 0.140. The van der Waals surface area contributed by atoms with Crippen LogP contribution in [0, 0.1) is 12.3 Å². The fourth-order valence-electron chi connectivity index (χ4n) is 1.73. The van der Waals surface area contributed by atoms with E-state index in [1.54, 1.807) is 6.92 Å². The summed E-state index contributed by atoms with van der Waals surface area (Å²) < 4.78 is 5.61. The number of benzene rings is 1. The molecular weight excluding hydrogens is 252 g/mol. The Morgan fingerprint density at radius 1 is 1.55 bits per heavy atom. The van der Waals surface area contributed by atoms with Crippen LogP contribution in [0.25, 0.3) is 0 Å². The van der Waals surface area contributed by atoms with Crippen LogP contribution in [0.4, 0.5) is 0 Å². The van der Waals surface area contributed by atoms with Gasteiger partial charge in [0.05, 0.1) is 6.54 Å². The number of hydrogen-bond acceptors (Lipinski definition) is 3. The summed E-state index contributed by atoms with van der Waals surface area (Å²) in [4.78, 5) is 11.7. The molecule has 0 radical (unpaired) electrons. The number of ether oxygens (including phenoxy) is 1. The third-order valence-corrected chi connectivity index (χ3v) is 2.97. The van der Waals surface area contributed by atoms with Crippen LogP contribution in [0.3, 0.4) is 0 Å². The number of terminal acetylenes is 1. The monoisotopic (exact) mass is 274 g/mol. The second-order valence-electron chi connectivity index (χ2n) is 4.70. The van der Waals surface area contributed by atoms with Gasteiger partial charge in [-0.25, -0.2) is 0 Å². The van der Waals surface area contributed by atoms with Gasteiger partial charge in [-0.3, -0.25) is 4.79 Å². The summed E-state index contributed by atoms with van der Waals surface area (Å²) in [7, 11) is 0. The van der Waals surface area contributed by atoms with Gasteiger partial charge in [0.25, 0.3) is 5.91 Å². The number of rotatable bonds is 7. The molecule has 4 nitrogen and oxygen atoms in total. The first-order valence-electron chi connectivity index (χ1n) is 6.79. The standard InChI is InChI=1S/C16H22N2O2/c1-4-9-18-16(19)12(3)20-15-8-6-7-13(11-15)10-14(17)5-2/h1,6-8,11-12,14H,5,9-10,17H2,2-3H3,(H,18,19). The van der Waals surface area contributed by atoms with Crippen molar-refractivity contribution in [1.29, 1.82) is 0 Å². The van der Waals surface area contributed by atoms with Gasteiger partial charge in [0, 0.05) is 6.04 Å². The molecule has 0 heterocycles. The first-order valence-corrected chi connectivity index (χ1v) is 6.79. The molecule has 2 atom stereocenters. The summed E-state index contributed by atoms with van der Waals surface area (Å²) in [6.07, 6.45) is 6.23. The Hall–Kier alpha value is -1.99. The number of carbonyl (C=O) groups excluding carboxylic acids is 1. The molecule has 0 saturated heterocycles. The van der Waals surface area contributed by atoms with Crippen molar-refractivity contribution in [3.63, 3.8) is 0 Å². The summed E-state index contributed by atoms with van der Waals surface area (Å²) in [6, 6.07) is 7.79. The molecule has 4 heteroatoms. The largest absolute Gasteiger partial charge is 0.481 e. The van der Waals surface area contributed by atoms with E-state index < -0.39 is 6.10 Å². The van der Waals surface area contributed by atoms with Crippen molar-refractivity contribution in [3.05, 3.63) is 29.8 Å². The second-order valence-corrected chi connectivity index (χ2v) is 4.70. The second kappa shape index (κ2) is 8.23. The van der Waals surface area contributed by atoms with Crippen LogP contribution >= 0.6 is 0 Å². The Kier molecular flexibility index (Phi) is 6.61. The van der Waals surface area contributed by atoms with Crippen LogP contribution in [0.5, 0.6) is 5.75 Å². The Balaban J connectivity index is 2.61. The highest BCUT2D eigenvalue weighted by molar-refractivity contribution is 5.80. The quantitative estimate of drug-likeness (QED) is 0.740. The molecule has 0 aliphatic heterocycles. The van der Waals surface area contributed by atoms with Gasteiger partial charge in [-0.05, 0) is 37.5 Å². The predicted octanol–water partition coefficient (Wildman–Crippen LogP) is 1.48. The topological polar surface area (TPSA) is 64.3 Å². The summed E-state index contributed by atoms with van der Waals surface area (Å²) >= 11 is 0. The minimum atomic E-state index is -0.585. The number of nitrogens with two attached hydrogens (primary N) is 1. The maximum atomic E-state index is 11.7. The molecule has 0 bridgehead atoms. The van der Waals surface area contributed by atoms with Crippen LogP contribution in [0.2, 0.25) is 0 Å². The Labute approximate surface area is 120 Å². The van der Waals surface area contributed by atoms with E-state index in [-0.39, 0.29) is 18.5 Å². The van der Waals surface area contributed by atoms with Gasteiger partial charge < -0.3 is 15.8 Å². The van der Waals surface area contributed by atoms with E-state index in [2.05, 4.69) is 18.2 Å². The van der Waals surface area contributed by atoms with Crippen molar-refractivity contribution < 1.29 is 9.53 Å². The van der Waals surface area contributed by atoms with E-state index >= 15 is 0 Å². The first kappa shape index (κ1) is 16.1. The van der Waals surface area contributed by atoms with Crippen LogP contribution in [0.1, 0.15) is 25.8 Å². The van der Waals surface area contributed by atoms with Gasteiger partial charge >= 0.3 is 0 Å². The van der Waals surface area contributed by atoms with Crippen molar-refractivity contribution in [1.82, 2.24) is 5.32 Å². The molecule has 1 rings (SSSR count). The molecule has 108 valence electrons. The van der Waals surface area contributed by atoms with Crippen molar-refractivity contribution in [2.45, 2.75) is 38.8 Å². The molecule has 20 heavy (non-hydrogen) atoms. The Morgan fingerprint density at radius 3 is 2.95 bits per heavy atom. The molecule has 1 aromatic rings. The van der Waals surface area contributed by atoms with Crippen molar-refractivity contribution in [2.75, 3.05) is 6.54 Å². The highest BCUT2D eigenvalue weighted by atomic mass is 16.5. The van der Waals surface area contributed by atoms with Crippen LogP contribution in [0.15, 0.2) is 24.3 Å². The molecule has 2 unspecified atom stereocenters. The zero-order valence-corrected chi connectivity index (χ0v) is 12.1. The minimum Gasteiger partial charge on any atom is -0.481 e. The number of hydrogen-bond donors (Lipinski definition) is 2. The normalized spacial score (nSPS) is 13.1. The van der Waals surface area contributed by atoms with E-state index in [0.29, 0.717) is 5.75 Å². The molecule has 1 amide bonds. The lowest BCUT2D eigenvalue weighted by molar-refractivity contribution is -0.126. The number of amides is 1. The van der Waals surface area contributed by atoms with Gasteiger partial charge in [0.2, 0.25) is 0 Å². The van der Waals surface area contributed by atoms with E-state index in [9.17, 15) is 4.79 Å². The van der Waals surface area contributed by atoms with Gasteiger partial charge in [0.1, 0.15) is 5.75 Å². The van der Waals surface area contributed by atoms with Gasteiger partial charge in [0.15, 0.2) is 6.10 Å². The smallest absolute Gasteiger partial charge is 0.261 e. The lowest BCUT2D eigenvalue weighted by Gasteiger charge is -2.15. The van der Waals surface area contributed by atoms with Gasteiger partial charge in [-0.1, -0.05) is 25.0 Å². The zero-order chi connectivity index (χ0) is 15.0. The maximum Gasteiger partial charge on any atom is 0.261 e. The number of nitrogens with one attached hydrogen (secondary N) is 1. The lowest BCUT2D eigenvalue weighted by Crippen LogP contribution is -2.36. The molecule has 0 aliphatic carbocycles. The van der Waals surface area contributed by atoms with Crippen molar-refractivity contribution in [2.24, 2.45) is 5.73 Å². The summed E-state index contributed by atoms with van der Waals surface area (Å²) in [5, 5.41) is 2.59.